The maximum absolute atomic E-state index is 6.18. The van der Waals surface area contributed by atoms with Crippen LogP contribution in [0.5, 0.6) is 11.5 Å². The van der Waals surface area contributed by atoms with E-state index in [1.165, 1.54) is 12.8 Å². The highest BCUT2D eigenvalue weighted by molar-refractivity contribution is 5.92. The third kappa shape index (κ3) is 3.38. The molecule has 1 aliphatic rings. The summed E-state index contributed by atoms with van der Waals surface area (Å²) in [7, 11) is 1.68. The molecule has 3 aromatic rings. The zero-order chi connectivity index (χ0) is 17.1. The molecule has 0 saturated heterocycles. The first kappa shape index (κ1) is 15.8. The number of benzene rings is 2. The first-order valence-corrected chi connectivity index (χ1v) is 8.79. The minimum absolute atomic E-state index is 0.295. The van der Waals surface area contributed by atoms with Gasteiger partial charge in [0.1, 0.15) is 0 Å². The number of pyridine rings is 1. The van der Waals surface area contributed by atoms with E-state index in [9.17, 15) is 0 Å². The lowest BCUT2D eigenvalue weighted by Crippen LogP contribution is -2.11. The largest absolute Gasteiger partial charge is 0.493 e. The van der Waals surface area contributed by atoms with Crippen molar-refractivity contribution in [2.24, 2.45) is 0 Å². The molecule has 0 bridgehead atoms. The average Bonchev–Trinajstić information content (AvgIpc) is 3.15. The highest BCUT2D eigenvalue weighted by atomic mass is 16.5. The number of para-hydroxylation sites is 1. The molecule has 4 nitrogen and oxygen atoms in total. The molecule has 1 fully saturated rings. The summed E-state index contributed by atoms with van der Waals surface area (Å²) in [6.45, 7) is 0. The predicted octanol–water partition coefficient (Wildman–Crippen LogP) is 5.31. The highest BCUT2D eigenvalue weighted by Gasteiger charge is 2.18. The Labute approximate surface area is 147 Å². The lowest BCUT2D eigenvalue weighted by atomic mass is 10.2. The van der Waals surface area contributed by atoms with E-state index in [1.54, 1.807) is 7.11 Å². The number of methoxy groups -OCH3 is 1. The molecule has 1 aliphatic carbocycles. The number of aromatic nitrogens is 1. The summed E-state index contributed by atoms with van der Waals surface area (Å²) < 4.78 is 11.6. The molecule has 0 amide bonds. The van der Waals surface area contributed by atoms with Crippen LogP contribution in [-0.2, 0) is 0 Å². The molecule has 1 N–H and O–H groups in total. The molecule has 0 radical (unpaired) electrons. The first-order valence-electron chi connectivity index (χ1n) is 8.79. The van der Waals surface area contributed by atoms with Crippen LogP contribution < -0.4 is 14.8 Å². The van der Waals surface area contributed by atoms with Crippen LogP contribution in [0.4, 0.5) is 11.4 Å². The quantitative estimate of drug-likeness (QED) is 0.687. The summed E-state index contributed by atoms with van der Waals surface area (Å²) in [6.07, 6.45) is 6.83. The average molecular weight is 334 g/mol. The number of anilines is 2. The van der Waals surface area contributed by atoms with Crippen molar-refractivity contribution in [3.05, 3.63) is 54.7 Å². The number of fused-ring (bicyclic) bond motifs is 1. The van der Waals surface area contributed by atoms with Gasteiger partial charge in [-0.15, -0.1) is 0 Å². The predicted molar refractivity (Wildman–Crippen MR) is 101 cm³/mol. The number of hydrogen-bond acceptors (Lipinski definition) is 4. The van der Waals surface area contributed by atoms with Crippen LogP contribution in [0.3, 0.4) is 0 Å². The van der Waals surface area contributed by atoms with E-state index in [4.69, 9.17) is 9.47 Å². The van der Waals surface area contributed by atoms with Gasteiger partial charge in [-0.25, -0.2) is 0 Å². The van der Waals surface area contributed by atoms with E-state index in [1.807, 2.05) is 42.6 Å². The van der Waals surface area contributed by atoms with Crippen LogP contribution in [0.2, 0.25) is 0 Å². The lowest BCUT2D eigenvalue weighted by Gasteiger charge is -2.17. The van der Waals surface area contributed by atoms with Crippen molar-refractivity contribution in [2.75, 3.05) is 12.4 Å². The van der Waals surface area contributed by atoms with Gasteiger partial charge in [-0.3, -0.25) is 4.98 Å². The number of rotatable bonds is 5. The van der Waals surface area contributed by atoms with E-state index in [0.29, 0.717) is 6.10 Å². The highest BCUT2D eigenvalue weighted by Crippen LogP contribution is 2.35. The van der Waals surface area contributed by atoms with Crippen molar-refractivity contribution < 1.29 is 9.47 Å². The van der Waals surface area contributed by atoms with Gasteiger partial charge < -0.3 is 14.8 Å². The summed E-state index contributed by atoms with van der Waals surface area (Å²) in [6, 6.07) is 16.1. The molecule has 4 rings (SSSR count). The number of ether oxygens (including phenoxy) is 2. The van der Waals surface area contributed by atoms with E-state index < -0.39 is 0 Å². The molecule has 1 heterocycles. The maximum atomic E-state index is 6.18. The Morgan fingerprint density at radius 2 is 1.84 bits per heavy atom. The summed E-state index contributed by atoms with van der Waals surface area (Å²) in [5, 5.41) is 4.58. The van der Waals surface area contributed by atoms with Crippen molar-refractivity contribution in [1.82, 2.24) is 4.98 Å². The summed E-state index contributed by atoms with van der Waals surface area (Å²) in [4.78, 5) is 4.50. The van der Waals surface area contributed by atoms with Crippen LogP contribution in [0, 0.1) is 0 Å². The Morgan fingerprint density at radius 1 is 1.00 bits per heavy atom. The molecule has 0 unspecified atom stereocenters. The molecule has 0 aliphatic heterocycles. The molecule has 4 heteroatoms. The number of nitrogens with zero attached hydrogens (tertiary/aromatic N) is 1. The van der Waals surface area contributed by atoms with Gasteiger partial charge >= 0.3 is 0 Å². The second-order valence-electron chi connectivity index (χ2n) is 6.40. The normalized spacial score (nSPS) is 14.6. The van der Waals surface area contributed by atoms with Gasteiger partial charge in [0.15, 0.2) is 11.5 Å². The van der Waals surface area contributed by atoms with Gasteiger partial charge in [0.25, 0.3) is 0 Å². The van der Waals surface area contributed by atoms with E-state index in [2.05, 4.69) is 22.4 Å². The van der Waals surface area contributed by atoms with Crippen LogP contribution >= 0.6 is 0 Å². The lowest BCUT2D eigenvalue weighted by molar-refractivity contribution is 0.201. The van der Waals surface area contributed by atoms with Gasteiger partial charge in [-0.1, -0.05) is 18.2 Å². The van der Waals surface area contributed by atoms with Gasteiger partial charge in [0.05, 0.1) is 24.4 Å². The molecular weight excluding hydrogens is 312 g/mol. The van der Waals surface area contributed by atoms with Crippen LogP contribution in [0.15, 0.2) is 54.7 Å². The van der Waals surface area contributed by atoms with Gasteiger partial charge in [0, 0.05) is 23.3 Å². The molecule has 1 saturated carbocycles. The first-order chi connectivity index (χ1) is 12.3. The maximum Gasteiger partial charge on any atom is 0.163 e. The van der Waals surface area contributed by atoms with Gasteiger partial charge in [0.2, 0.25) is 0 Å². The zero-order valence-electron chi connectivity index (χ0n) is 14.4. The summed E-state index contributed by atoms with van der Waals surface area (Å²) in [5.41, 5.74) is 2.90. The van der Waals surface area contributed by atoms with Crippen molar-refractivity contribution in [1.29, 1.82) is 0 Å². The number of hydrogen-bond donors (Lipinski definition) is 1. The van der Waals surface area contributed by atoms with Crippen molar-refractivity contribution >= 4 is 22.3 Å². The second kappa shape index (κ2) is 7.01. The summed E-state index contributed by atoms with van der Waals surface area (Å²) >= 11 is 0. The molecular formula is C21H22N2O2. The van der Waals surface area contributed by atoms with Crippen LogP contribution in [0.1, 0.15) is 25.7 Å². The third-order valence-corrected chi connectivity index (χ3v) is 4.67. The second-order valence-corrected chi connectivity index (χ2v) is 6.40. The molecule has 25 heavy (non-hydrogen) atoms. The van der Waals surface area contributed by atoms with E-state index in [0.717, 1.165) is 46.6 Å². The van der Waals surface area contributed by atoms with Crippen LogP contribution in [0.25, 0.3) is 10.9 Å². The van der Waals surface area contributed by atoms with Crippen molar-refractivity contribution in [2.45, 2.75) is 31.8 Å². The number of nitrogens with one attached hydrogen (secondary N) is 1. The summed E-state index contributed by atoms with van der Waals surface area (Å²) in [5.74, 6) is 1.57. The van der Waals surface area contributed by atoms with E-state index in [-0.39, 0.29) is 0 Å². The van der Waals surface area contributed by atoms with E-state index >= 15 is 0 Å². The Hall–Kier alpha value is -2.75. The third-order valence-electron chi connectivity index (χ3n) is 4.67. The SMILES string of the molecule is COc1ccc(Nc2cccc3cccnc23)cc1OC1CCCC1. The fraction of sp³-hybridized carbons (Fsp3) is 0.286. The molecule has 0 atom stereocenters. The molecule has 2 aromatic carbocycles. The van der Waals surface area contributed by atoms with Gasteiger partial charge in [-0.2, -0.15) is 0 Å². The van der Waals surface area contributed by atoms with Crippen LogP contribution in [-0.4, -0.2) is 18.2 Å². The molecule has 0 spiro atoms. The fourth-order valence-corrected chi connectivity index (χ4v) is 3.39. The topological polar surface area (TPSA) is 43.4 Å². The Bertz CT molecular complexity index is 867. The van der Waals surface area contributed by atoms with Gasteiger partial charge in [-0.05, 0) is 49.9 Å². The minimum atomic E-state index is 0.295. The molecule has 128 valence electrons. The van der Waals surface area contributed by atoms with Crippen molar-refractivity contribution in [3.63, 3.8) is 0 Å². The standard InChI is InChI=1S/C21H22N2O2/c1-24-19-12-11-16(14-20(19)25-17-8-2-3-9-17)23-18-10-4-6-15-7-5-13-22-21(15)18/h4-7,10-14,17,23H,2-3,8-9H2,1H3. The molecule has 1 aromatic heterocycles. The Kier molecular flexibility index (Phi) is 4.42. The fourth-order valence-electron chi connectivity index (χ4n) is 3.39. The zero-order valence-corrected chi connectivity index (χ0v) is 14.4. The Morgan fingerprint density at radius 3 is 2.68 bits per heavy atom. The Balaban J connectivity index is 1.63. The monoisotopic (exact) mass is 334 g/mol. The smallest absolute Gasteiger partial charge is 0.163 e. The van der Waals surface area contributed by atoms with Crippen molar-refractivity contribution in [3.8, 4) is 11.5 Å². The minimum Gasteiger partial charge on any atom is -0.493 e.